The van der Waals surface area contributed by atoms with Crippen LogP contribution in [0.25, 0.3) is 21.5 Å². The van der Waals surface area contributed by atoms with Crippen molar-refractivity contribution in [1.82, 2.24) is 0 Å². The van der Waals surface area contributed by atoms with E-state index in [-0.39, 0.29) is 0 Å². The largest absolute Gasteiger partial charge is 0.494 e. The fraction of sp³-hybridized carbons (Fsp3) is 0.467. The third-order valence-electron chi connectivity index (χ3n) is 5.99. The first kappa shape index (κ1) is 27.3. The normalized spacial score (nSPS) is 11.0. The number of fused-ring (bicyclic) bond motifs is 2. The molecule has 3 aromatic rings. The summed E-state index contributed by atoms with van der Waals surface area (Å²) in [7, 11) is 0. The maximum Gasteiger partial charge on any atom is 0.308 e. The average molecular weight is 495 g/mol. The molecule has 0 N–H and O–H groups in total. The van der Waals surface area contributed by atoms with E-state index in [4.69, 9.17) is 18.9 Å². The van der Waals surface area contributed by atoms with Gasteiger partial charge in [-0.25, -0.2) is 0 Å². The Balaban J connectivity index is 2.05. The van der Waals surface area contributed by atoms with Gasteiger partial charge in [0.05, 0.1) is 13.2 Å². The minimum absolute atomic E-state index is 0.411. The minimum Gasteiger partial charge on any atom is -0.494 e. The number of rotatable bonds is 14. The van der Waals surface area contributed by atoms with Gasteiger partial charge in [0, 0.05) is 35.4 Å². The zero-order valence-electron chi connectivity index (χ0n) is 22.0. The molecule has 6 nitrogen and oxygen atoms in total. The quantitative estimate of drug-likeness (QED) is 0.0987. The van der Waals surface area contributed by atoms with Gasteiger partial charge in [-0.2, -0.15) is 0 Å². The van der Waals surface area contributed by atoms with Gasteiger partial charge in [0.1, 0.15) is 23.0 Å². The van der Waals surface area contributed by atoms with Crippen LogP contribution in [-0.4, -0.2) is 25.2 Å². The van der Waals surface area contributed by atoms with Crippen molar-refractivity contribution >= 4 is 33.5 Å². The second-order valence-corrected chi connectivity index (χ2v) is 9.08. The molecule has 3 rings (SSSR count). The number of carbonyl (C=O) groups excluding carboxylic acids is 2. The van der Waals surface area contributed by atoms with Crippen LogP contribution in [0.5, 0.6) is 23.0 Å². The first-order chi connectivity index (χ1) is 17.4. The Morgan fingerprint density at radius 3 is 1.36 bits per heavy atom. The summed E-state index contributed by atoms with van der Waals surface area (Å²) < 4.78 is 23.4. The highest BCUT2D eigenvalue weighted by Gasteiger charge is 2.20. The first-order valence-electron chi connectivity index (χ1n) is 13.1. The molecule has 0 radical (unpaired) electrons. The number of hydrogen-bond acceptors (Lipinski definition) is 6. The first-order valence-corrected chi connectivity index (χ1v) is 13.1. The third-order valence-corrected chi connectivity index (χ3v) is 5.99. The van der Waals surface area contributed by atoms with Crippen LogP contribution >= 0.6 is 0 Å². The molecule has 0 bridgehead atoms. The molecule has 0 spiro atoms. The molecule has 36 heavy (non-hydrogen) atoms. The summed E-state index contributed by atoms with van der Waals surface area (Å²) >= 11 is 0. The van der Waals surface area contributed by atoms with Crippen LogP contribution in [0.15, 0.2) is 36.4 Å². The summed E-state index contributed by atoms with van der Waals surface area (Å²) in [4.78, 5) is 24.1. The van der Waals surface area contributed by atoms with Gasteiger partial charge in [0.25, 0.3) is 0 Å². The van der Waals surface area contributed by atoms with Gasteiger partial charge in [-0.1, -0.05) is 52.4 Å². The van der Waals surface area contributed by atoms with Gasteiger partial charge in [0.15, 0.2) is 0 Å². The fourth-order valence-corrected chi connectivity index (χ4v) is 4.23. The SMILES string of the molecule is CCCCCCOc1ccc2c(OC(C)=O)c3cc(OCCCCCC)ccc3c(OC(C)=O)c2c1. The average Bonchev–Trinajstić information content (AvgIpc) is 2.85. The van der Waals surface area contributed by atoms with E-state index < -0.39 is 11.9 Å². The van der Waals surface area contributed by atoms with Crippen molar-refractivity contribution in [2.24, 2.45) is 0 Å². The van der Waals surface area contributed by atoms with Gasteiger partial charge in [0.2, 0.25) is 0 Å². The van der Waals surface area contributed by atoms with Gasteiger partial charge in [-0.3, -0.25) is 9.59 Å². The molecule has 0 aromatic heterocycles. The van der Waals surface area contributed by atoms with E-state index in [0.29, 0.717) is 57.8 Å². The molecule has 0 atom stereocenters. The van der Waals surface area contributed by atoms with E-state index in [1.165, 1.54) is 39.5 Å². The number of carbonyl (C=O) groups is 2. The molecule has 0 saturated carbocycles. The molecule has 3 aromatic carbocycles. The van der Waals surface area contributed by atoms with Crippen molar-refractivity contribution in [3.05, 3.63) is 36.4 Å². The molecule has 0 aliphatic rings. The molecule has 0 amide bonds. The standard InChI is InChI=1S/C30H38O6/c1-5-7-9-11-17-33-23-13-15-25-27(19-23)29(35-21(3)31)26-16-14-24(34-18-12-10-8-6-2)20-28(26)30(25)36-22(4)32/h13-16,19-20H,5-12,17-18H2,1-4H3. The second-order valence-electron chi connectivity index (χ2n) is 9.08. The lowest BCUT2D eigenvalue weighted by molar-refractivity contribution is -0.132. The van der Waals surface area contributed by atoms with E-state index in [2.05, 4.69) is 13.8 Å². The smallest absolute Gasteiger partial charge is 0.308 e. The molecule has 194 valence electrons. The maximum atomic E-state index is 12.1. The number of ether oxygens (including phenoxy) is 4. The molecule has 0 unspecified atom stereocenters. The van der Waals surface area contributed by atoms with E-state index in [0.717, 1.165) is 25.7 Å². The van der Waals surface area contributed by atoms with Crippen molar-refractivity contribution in [2.45, 2.75) is 79.1 Å². The Kier molecular flexibility index (Phi) is 10.4. The molecule has 6 heteroatoms. The Morgan fingerprint density at radius 1 is 0.583 bits per heavy atom. The topological polar surface area (TPSA) is 71.1 Å². The Bertz CT molecular complexity index is 1090. The highest BCUT2D eigenvalue weighted by Crippen LogP contribution is 2.45. The van der Waals surface area contributed by atoms with Crippen LogP contribution in [0.2, 0.25) is 0 Å². The van der Waals surface area contributed by atoms with Crippen molar-refractivity contribution in [2.75, 3.05) is 13.2 Å². The summed E-state index contributed by atoms with van der Waals surface area (Å²) in [6, 6.07) is 11.1. The van der Waals surface area contributed by atoms with E-state index in [9.17, 15) is 9.59 Å². The molecule has 0 aliphatic heterocycles. The zero-order chi connectivity index (χ0) is 25.9. The summed E-state index contributed by atoms with van der Waals surface area (Å²) in [5.41, 5.74) is 0. The monoisotopic (exact) mass is 494 g/mol. The van der Waals surface area contributed by atoms with Crippen molar-refractivity contribution < 1.29 is 28.5 Å². The molecule has 0 heterocycles. The van der Waals surface area contributed by atoms with Crippen LogP contribution in [0.4, 0.5) is 0 Å². The molecular formula is C30H38O6. The lowest BCUT2D eigenvalue weighted by Crippen LogP contribution is -2.06. The molecule has 0 fully saturated rings. The Morgan fingerprint density at radius 2 is 1.00 bits per heavy atom. The minimum atomic E-state index is -0.431. The predicted octanol–water partition coefficient (Wildman–Crippen LogP) is 7.76. The lowest BCUT2D eigenvalue weighted by Gasteiger charge is -2.17. The number of esters is 2. The third kappa shape index (κ3) is 7.36. The van der Waals surface area contributed by atoms with Gasteiger partial charge in [-0.15, -0.1) is 0 Å². The zero-order valence-corrected chi connectivity index (χ0v) is 22.0. The van der Waals surface area contributed by atoms with Gasteiger partial charge < -0.3 is 18.9 Å². The van der Waals surface area contributed by atoms with Gasteiger partial charge >= 0.3 is 11.9 Å². The number of hydrogen-bond donors (Lipinski definition) is 0. The predicted molar refractivity (Wildman–Crippen MR) is 143 cm³/mol. The van der Waals surface area contributed by atoms with Crippen LogP contribution in [0, 0.1) is 0 Å². The van der Waals surface area contributed by atoms with Crippen LogP contribution in [-0.2, 0) is 9.59 Å². The molecular weight excluding hydrogens is 456 g/mol. The summed E-state index contributed by atoms with van der Waals surface area (Å²) in [5.74, 6) is 1.31. The lowest BCUT2D eigenvalue weighted by atomic mass is 9.99. The highest BCUT2D eigenvalue weighted by atomic mass is 16.5. The highest BCUT2D eigenvalue weighted by molar-refractivity contribution is 6.13. The summed E-state index contributed by atoms with van der Waals surface area (Å²) in [6.45, 7) is 8.32. The summed E-state index contributed by atoms with van der Waals surface area (Å²) in [6.07, 6.45) is 8.87. The Hall–Kier alpha value is -3.28. The van der Waals surface area contributed by atoms with Crippen molar-refractivity contribution in [3.8, 4) is 23.0 Å². The van der Waals surface area contributed by atoms with E-state index >= 15 is 0 Å². The van der Waals surface area contributed by atoms with Crippen molar-refractivity contribution in [1.29, 1.82) is 0 Å². The van der Waals surface area contributed by atoms with Crippen molar-refractivity contribution in [3.63, 3.8) is 0 Å². The van der Waals surface area contributed by atoms with Crippen LogP contribution < -0.4 is 18.9 Å². The fourth-order valence-electron chi connectivity index (χ4n) is 4.23. The molecule has 0 saturated heterocycles. The van der Waals surface area contributed by atoms with E-state index in [1.54, 1.807) is 0 Å². The van der Waals surface area contributed by atoms with Crippen LogP contribution in [0.1, 0.15) is 79.1 Å². The number of unbranched alkanes of at least 4 members (excludes halogenated alkanes) is 6. The summed E-state index contributed by atoms with van der Waals surface area (Å²) in [5, 5.41) is 2.61. The molecule has 0 aliphatic carbocycles. The Labute approximate surface area is 213 Å². The maximum absolute atomic E-state index is 12.1. The van der Waals surface area contributed by atoms with E-state index in [1.807, 2.05) is 36.4 Å². The van der Waals surface area contributed by atoms with Crippen LogP contribution in [0.3, 0.4) is 0 Å². The number of benzene rings is 3. The second kappa shape index (κ2) is 13.7. The van der Waals surface area contributed by atoms with Gasteiger partial charge in [-0.05, 0) is 49.2 Å².